The smallest absolute Gasteiger partial charge is 0.263 e. The summed E-state index contributed by atoms with van der Waals surface area (Å²) in [6.07, 6.45) is 0.00384. The van der Waals surface area contributed by atoms with Crippen LogP contribution in [0.4, 0.5) is 5.69 Å². The van der Waals surface area contributed by atoms with Gasteiger partial charge in [-0.2, -0.15) is 10.1 Å². The van der Waals surface area contributed by atoms with Crippen molar-refractivity contribution in [1.82, 2.24) is 0 Å². The highest BCUT2D eigenvalue weighted by Crippen LogP contribution is 2.61. The summed E-state index contributed by atoms with van der Waals surface area (Å²) in [6.45, 7) is 5.23. The van der Waals surface area contributed by atoms with Crippen LogP contribution < -0.4 is 5.01 Å². The minimum Gasteiger partial charge on any atom is -0.389 e. The fourth-order valence-corrected chi connectivity index (χ4v) is 6.49. The van der Waals surface area contributed by atoms with Crippen molar-refractivity contribution in [3.63, 3.8) is 0 Å². The third-order valence-electron chi connectivity index (χ3n) is 8.02. The summed E-state index contributed by atoms with van der Waals surface area (Å²) in [7, 11) is 0. The number of halogens is 1. The molecule has 1 fully saturated rings. The second-order valence-corrected chi connectivity index (χ2v) is 10.7. The molecule has 1 aliphatic heterocycles. The Morgan fingerprint density at radius 3 is 2.19 bits per heavy atom. The monoisotopic (exact) mass is 517 g/mol. The largest absolute Gasteiger partial charge is 0.389 e. The first-order valence-corrected chi connectivity index (χ1v) is 12.6. The molecule has 190 valence electrons. The van der Waals surface area contributed by atoms with Gasteiger partial charge in [0.05, 0.1) is 28.8 Å². The molecule has 2 aliphatic rings. The van der Waals surface area contributed by atoms with Crippen LogP contribution in [0, 0.1) is 22.5 Å². The standard InChI is InChI=1S/C29H28ClN3O4/c1-18-9-11-21(12-10-18)25-26(33(36)37)24(20-13-15-22(30)16-14-20)17-28(3,35)29(25)19(2)31-32(27(29)34)23-7-5-4-6-8-23/h4-16,24-26,35H,17H2,1-3H3/t24-,25+,26-,28+,29-/m0/s1. The van der Waals surface area contributed by atoms with Crippen LogP contribution in [0.15, 0.2) is 84.0 Å². The molecular weight excluding hydrogens is 490 g/mol. The molecule has 1 amide bonds. The zero-order valence-electron chi connectivity index (χ0n) is 20.8. The Bertz CT molecular complexity index is 1370. The molecule has 0 radical (unpaired) electrons. The number of para-hydroxylation sites is 1. The highest BCUT2D eigenvalue weighted by Gasteiger charge is 2.72. The van der Waals surface area contributed by atoms with Crippen molar-refractivity contribution in [2.45, 2.75) is 50.7 Å². The van der Waals surface area contributed by atoms with Gasteiger partial charge in [0.1, 0.15) is 5.41 Å². The molecule has 1 N–H and O–H groups in total. The third-order valence-corrected chi connectivity index (χ3v) is 8.27. The Morgan fingerprint density at radius 2 is 1.59 bits per heavy atom. The van der Waals surface area contributed by atoms with Crippen molar-refractivity contribution in [1.29, 1.82) is 0 Å². The second kappa shape index (κ2) is 9.08. The van der Waals surface area contributed by atoms with Crippen LogP contribution in [0.1, 0.15) is 48.8 Å². The van der Waals surface area contributed by atoms with E-state index in [9.17, 15) is 20.0 Å². The van der Waals surface area contributed by atoms with Crippen LogP contribution in [0.5, 0.6) is 0 Å². The maximum absolute atomic E-state index is 14.4. The number of carbonyl (C=O) groups excluding carboxylic acids is 1. The summed E-state index contributed by atoms with van der Waals surface area (Å²) in [4.78, 5) is 27.0. The maximum Gasteiger partial charge on any atom is 0.263 e. The normalized spacial score (nSPS) is 29.4. The molecule has 1 heterocycles. The van der Waals surface area contributed by atoms with Gasteiger partial charge in [-0.15, -0.1) is 0 Å². The van der Waals surface area contributed by atoms with Gasteiger partial charge in [-0.1, -0.05) is 71.8 Å². The number of nitro groups is 1. The Balaban J connectivity index is 1.76. The summed E-state index contributed by atoms with van der Waals surface area (Å²) < 4.78 is 0. The van der Waals surface area contributed by atoms with E-state index >= 15 is 0 Å². The van der Waals surface area contributed by atoms with Gasteiger partial charge >= 0.3 is 0 Å². The molecule has 1 aliphatic carbocycles. The maximum atomic E-state index is 14.4. The highest BCUT2D eigenvalue weighted by atomic mass is 35.5. The minimum atomic E-state index is -1.65. The predicted octanol–water partition coefficient (Wildman–Crippen LogP) is 5.72. The zero-order chi connectivity index (χ0) is 26.5. The SMILES string of the molecule is CC1=NN(c2ccccc2)C(=O)[C@@]12[C@H](c1ccc(C)cc1)[C@@H]([N+](=O)[O-])[C@H](c1ccc(Cl)cc1)C[C@@]2(C)O. The molecule has 0 bridgehead atoms. The average molecular weight is 518 g/mol. The Hall–Kier alpha value is -3.55. The molecule has 0 aromatic heterocycles. The molecule has 5 rings (SSSR count). The zero-order valence-corrected chi connectivity index (χ0v) is 21.6. The molecule has 3 aromatic rings. The van der Waals surface area contributed by atoms with Crippen LogP contribution in [0.25, 0.3) is 0 Å². The minimum absolute atomic E-state index is 0.00384. The quantitative estimate of drug-likeness (QED) is 0.353. The highest BCUT2D eigenvalue weighted by molar-refractivity contribution is 6.30. The van der Waals surface area contributed by atoms with Crippen LogP contribution >= 0.6 is 11.6 Å². The summed E-state index contributed by atoms with van der Waals surface area (Å²) in [5.74, 6) is -2.10. The van der Waals surface area contributed by atoms with Gasteiger partial charge in [0.25, 0.3) is 5.91 Å². The van der Waals surface area contributed by atoms with Crippen molar-refractivity contribution in [2.75, 3.05) is 5.01 Å². The molecule has 0 saturated heterocycles. The molecule has 7 nitrogen and oxygen atoms in total. The van der Waals surface area contributed by atoms with E-state index in [4.69, 9.17) is 11.6 Å². The Kier molecular flexibility index (Phi) is 6.16. The average Bonchev–Trinajstić information content (AvgIpc) is 3.13. The summed E-state index contributed by atoms with van der Waals surface area (Å²) in [6, 6.07) is 22.1. The number of nitrogens with zero attached hydrogens (tertiary/aromatic N) is 3. The molecule has 3 aromatic carbocycles. The van der Waals surface area contributed by atoms with Crippen molar-refractivity contribution in [3.05, 3.63) is 111 Å². The fourth-order valence-electron chi connectivity index (χ4n) is 6.37. The molecule has 1 saturated carbocycles. The predicted molar refractivity (Wildman–Crippen MR) is 144 cm³/mol. The van der Waals surface area contributed by atoms with Gasteiger partial charge in [-0.05, 0) is 62.6 Å². The van der Waals surface area contributed by atoms with Gasteiger partial charge in [0, 0.05) is 9.95 Å². The van der Waals surface area contributed by atoms with Gasteiger partial charge in [0.15, 0.2) is 0 Å². The lowest BCUT2D eigenvalue weighted by molar-refractivity contribution is -0.539. The number of aliphatic hydroxyl groups is 1. The van der Waals surface area contributed by atoms with E-state index in [0.29, 0.717) is 27.5 Å². The summed E-state index contributed by atoms with van der Waals surface area (Å²) in [5, 5.41) is 31.5. The topological polar surface area (TPSA) is 96.0 Å². The number of carbonyl (C=O) groups is 1. The number of hydrogen-bond donors (Lipinski definition) is 1. The summed E-state index contributed by atoms with van der Waals surface area (Å²) >= 11 is 6.11. The lowest BCUT2D eigenvalue weighted by Gasteiger charge is -2.53. The van der Waals surface area contributed by atoms with Crippen LogP contribution in [0.2, 0.25) is 5.02 Å². The summed E-state index contributed by atoms with van der Waals surface area (Å²) in [5.41, 5.74) is -0.0894. The molecule has 37 heavy (non-hydrogen) atoms. The van der Waals surface area contributed by atoms with Crippen LogP contribution in [-0.2, 0) is 4.79 Å². The molecular formula is C29H28ClN3O4. The van der Waals surface area contributed by atoms with Gasteiger partial charge in [0.2, 0.25) is 6.04 Å². The number of rotatable bonds is 4. The molecule has 8 heteroatoms. The van der Waals surface area contributed by atoms with E-state index in [1.165, 1.54) is 5.01 Å². The fraction of sp³-hybridized carbons (Fsp3) is 0.310. The first kappa shape index (κ1) is 25.1. The van der Waals surface area contributed by atoms with Crippen molar-refractivity contribution >= 4 is 28.9 Å². The Morgan fingerprint density at radius 1 is 1.00 bits per heavy atom. The van der Waals surface area contributed by atoms with Crippen LogP contribution in [-0.4, -0.2) is 33.3 Å². The van der Waals surface area contributed by atoms with E-state index in [1.54, 1.807) is 62.4 Å². The first-order valence-electron chi connectivity index (χ1n) is 12.2. The van der Waals surface area contributed by atoms with E-state index < -0.39 is 34.8 Å². The molecule has 0 unspecified atom stereocenters. The number of benzene rings is 3. The van der Waals surface area contributed by atoms with Gasteiger partial charge < -0.3 is 5.11 Å². The second-order valence-electron chi connectivity index (χ2n) is 10.2. The third kappa shape index (κ3) is 3.85. The molecule has 1 spiro atoms. The van der Waals surface area contributed by atoms with Crippen molar-refractivity contribution < 1.29 is 14.8 Å². The number of aryl methyl sites for hydroxylation is 1. The number of anilines is 1. The first-order chi connectivity index (χ1) is 17.6. The lowest BCUT2D eigenvalue weighted by atomic mass is 9.49. The lowest BCUT2D eigenvalue weighted by Crippen LogP contribution is -2.66. The Labute approximate surface area is 220 Å². The van der Waals surface area contributed by atoms with Gasteiger partial charge in [-0.25, -0.2) is 0 Å². The number of amides is 1. The number of hydrogen-bond acceptors (Lipinski definition) is 5. The van der Waals surface area contributed by atoms with E-state index in [0.717, 1.165) is 5.56 Å². The van der Waals surface area contributed by atoms with Crippen molar-refractivity contribution in [3.8, 4) is 0 Å². The molecule has 5 atom stereocenters. The van der Waals surface area contributed by atoms with Crippen molar-refractivity contribution in [2.24, 2.45) is 10.5 Å². The van der Waals surface area contributed by atoms with E-state index in [2.05, 4.69) is 5.10 Å². The number of hydrazone groups is 1. The van der Waals surface area contributed by atoms with E-state index in [1.807, 2.05) is 37.3 Å². The van der Waals surface area contributed by atoms with Gasteiger partial charge in [-0.3, -0.25) is 14.9 Å². The van der Waals surface area contributed by atoms with E-state index in [-0.39, 0.29) is 11.3 Å². The van der Waals surface area contributed by atoms with Crippen LogP contribution in [0.3, 0.4) is 0 Å².